The second-order valence-electron chi connectivity index (χ2n) is 7.01. The fraction of sp³-hybridized carbons (Fsp3) is 0.0909. The number of rotatable bonds is 5. The zero-order valence-electron chi connectivity index (χ0n) is 16.8. The summed E-state index contributed by atoms with van der Waals surface area (Å²) in [5, 5.41) is 38.3. The average molecular weight is 435 g/mol. The van der Waals surface area contributed by atoms with Crippen LogP contribution in [0, 0.1) is 5.82 Å². The molecule has 0 aliphatic rings. The highest BCUT2D eigenvalue weighted by Crippen LogP contribution is 2.37. The van der Waals surface area contributed by atoms with E-state index < -0.39 is 29.2 Å². The molecule has 0 unspecified atom stereocenters. The van der Waals surface area contributed by atoms with Crippen LogP contribution in [0.25, 0.3) is 17.1 Å². The van der Waals surface area contributed by atoms with Gasteiger partial charge in [-0.3, -0.25) is 9.78 Å². The molecule has 0 spiro atoms. The summed E-state index contributed by atoms with van der Waals surface area (Å²) in [6.45, 7) is 0.253. The maximum Gasteiger partial charge on any atom is 0.319 e. The molecule has 0 fully saturated rings. The third-order valence-electron chi connectivity index (χ3n) is 4.84. The summed E-state index contributed by atoms with van der Waals surface area (Å²) in [5.74, 6) is -2.17. The number of amides is 1. The Morgan fingerprint density at radius 3 is 2.47 bits per heavy atom. The van der Waals surface area contributed by atoms with Crippen LogP contribution in [0.1, 0.15) is 15.9 Å². The molecule has 4 rings (SSSR count). The predicted octanol–water partition coefficient (Wildman–Crippen LogP) is 2.86. The van der Waals surface area contributed by atoms with Crippen molar-refractivity contribution < 1.29 is 24.5 Å². The summed E-state index contributed by atoms with van der Waals surface area (Å²) in [6, 6.07) is 10.7. The van der Waals surface area contributed by atoms with Crippen molar-refractivity contribution in [2.45, 2.75) is 6.54 Å². The molecule has 10 heteroatoms. The van der Waals surface area contributed by atoms with Gasteiger partial charge in [-0.05, 0) is 35.9 Å². The molecule has 0 atom stereocenters. The van der Waals surface area contributed by atoms with Crippen LogP contribution in [0.4, 0.5) is 4.39 Å². The molecular weight excluding hydrogens is 417 g/mol. The van der Waals surface area contributed by atoms with Gasteiger partial charge in [0.25, 0.3) is 5.91 Å². The van der Waals surface area contributed by atoms with Crippen molar-refractivity contribution in [3.8, 4) is 34.6 Å². The van der Waals surface area contributed by atoms with E-state index in [9.17, 15) is 24.5 Å². The molecule has 2 aromatic heterocycles. The van der Waals surface area contributed by atoms with Crippen molar-refractivity contribution in [3.05, 3.63) is 77.9 Å². The largest absolute Gasteiger partial charge is 0.507 e. The van der Waals surface area contributed by atoms with Gasteiger partial charge in [0.05, 0.1) is 16.8 Å². The molecule has 0 saturated heterocycles. The highest BCUT2D eigenvalue weighted by atomic mass is 19.1. The van der Waals surface area contributed by atoms with E-state index in [1.165, 1.54) is 29.2 Å². The molecule has 3 N–H and O–H groups in total. The third-order valence-corrected chi connectivity index (χ3v) is 4.84. The number of carbonyl (C=O) groups excluding carboxylic acids is 1. The summed E-state index contributed by atoms with van der Waals surface area (Å²) in [5.41, 5.74) is 0.634. The van der Waals surface area contributed by atoms with Crippen molar-refractivity contribution in [2.75, 3.05) is 7.05 Å². The van der Waals surface area contributed by atoms with Gasteiger partial charge in [0, 0.05) is 32.1 Å². The Hall–Kier alpha value is -4.47. The molecule has 0 bridgehead atoms. The first-order valence-corrected chi connectivity index (χ1v) is 9.47. The van der Waals surface area contributed by atoms with Gasteiger partial charge in [-0.1, -0.05) is 17.2 Å². The second kappa shape index (κ2) is 8.34. The molecule has 2 aromatic carbocycles. The zero-order valence-corrected chi connectivity index (χ0v) is 16.8. The molecule has 2 heterocycles. The summed E-state index contributed by atoms with van der Waals surface area (Å²) in [4.78, 5) is 18.3. The van der Waals surface area contributed by atoms with Crippen LogP contribution in [-0.4, -0.2) is 52.9 Å². The number of phenolic OH excluding ortho intramolecular Hbond substituents is 2. The Bertz CT molecular complexity index is 1290. The van der Waals surface area contributed by atoms with Crippen LogP contribution in [0.2, 0.25) is 0 Å². The number of hydrogen-bond acceptors (Lipinski definition) is 7. The maximum absolute atomic E-state index is 14.4. The number of aromatic hydroxyl groups is 3. The number of halogens is 1. The quantitative estimate of drug-likeness (QED) is 0.440. The van der Waals surface area contributed by atoms with E-state index in [2.05, 4.69) is 15.2 Å². The first-order valence-electron chi connectivity index (χ1n) is 9.47. The van der Waals surface area contributed by atoms with Gasteiger partial charge < -0.3 is 20.2 Å². The van der Waals surface area contributed by atoms with Crippen molar-refractivity contribution in [1.29, 1.82) is 0 Å². The van der Waals surface area contributed by atoms with Gasteiger partial charge in [0.15, 0.2) is 5.82 Å². The number of nitrogens with zero attached hydrogens (tertiary/aromatic N) is 5. The van der Waals surface area contributed by atoms with Crippen molar-refractivity contribution in [1.82, 2.24) is 24.6 Å². The molecule has 4 aromatic rings. The molecular formula is C22H18FN5O4. The third kappa shape index (κ3) is 3.81. The van der Waals surface area contributed by atoms with Crippen LogP contribution in [0.5, 0.6) is 17.5 Å². The lowest BCUT2D eigenvalue weighted by molar-refractivity contribution is 0.0782. The second-order valence-corrected chi connectivity index (χ2v) is 7.01. The number of benzene rings is 2. The molecule has 32 heavy (non-hydrogen) atoms. The Kier molecular flexibility index (Phi) is 5.42. The van der Waals surface area contributed by atoms with E-state index in [0.717, 1.165) is 16.2 Å². The van der Waals surface area contributed by atoms with Gasteiger partial charge in [-0.15, -0.1) is 5.10 Å². The van der Waals surface area contributed by atoms with E-state index >= 15 is 0 Å². The topological polar surface area (TPSA) is 125 Å². The van der Waals surface area contributed by atoms with E-state index in [1.54, 1.807) is 37.6 Å². The molecule has 162 valence electrons. The molecule has 0 saturated carbocycles. The smallest absolute Gasteiger partial charge is 0.319 e. The summed E-state index contributed by atoms with van der Waals surface area (Å²) >= 11 is 0. The number of para-hydroxylation sites is 1. The normalized spacial score (nSPS) is 10.8. The highest BCUT2D eigenvalue weighted by molar-refractivity contribution is 5.98. The Morgan fingerprint density at radius 1 is 1.03 bits per heavy atom. The zero-order chi connectivity index (χ0) is 22.8. The minimum Gasteiger partial charge on any atom is -0.507 e. The molecule has 0 radical (unpaired) electrons. The van der Waals surface area contributed by atoms with Gasteiger partial charge in [0.2, 0.25) is 0 Å². The molecule has 0 aliphatic heterocycles. The Labute approximate surface area is 181 Å². The number of hydrogen-bond donors (Lipinski definition) is 3. The average Bonchev–Trinajstić information content (AvgIpc) is 3.15. The van der Waals surface area contributed by atoms with E-state index in [1.807, 2.05) is 0 Å². The molecule has 9 nitrogen and oxygen atoms in total. The summed E-state index contributed by atoms with van der Waals surface area (Å²) in [7, 11) is 1.56. The lowest BCUT2D eigenvalue weighted by atomic mass is 10.1. The highest BCUT2D eigenvalue weighted by Gasteiger charge is 2.24. The summed E-state index contributed by atoms with van der Waals surface area (Å²) < 4.78 is 15.4. The minimum absolute atomic E-state index is 0.0282. The van der Waals surface area contributed by atoms with E-state index in [0.29, 0.717) is 0 Å². The van der Waals surface area contributed by atoms with Gasteiger partial charge in [-0.25, -0.2) is 8.96 Å². The first kappa shape index (κ1) is 20.8. The van der Waals surface area contributed by atoms with E-state index in [-0.39, 0.29) is 29.2 Å². The number of phenols is 2. The minimum atomic E-state index is -0.657. The predicted molar refractivity (Wildman–Crippen MR) is 112 cm³/mol. The summed E-state index contributed by atoms with van der Waals surface area (Å²) in [6.07, 6.45) is 3.21. The molecule has 1 amide bonds. The first-order chi connectivity index (χ1) is 15.4. The van der Waals surface area contributed by atoms with Crippen molar-refractivity contribution in [2.24, 2.45) is 0 Å². The van der Waals surface area contributed by atoms with Crippen molar-refractivity contribution >= 4 is 5.91 Å². The lowest BCUT2D eigenvalue weighted by Crippen LogP contribution is -2.26. The number of carbonyl (C=O) groups is 1. The maximum atomic E-state index is 14.4. The Balaban J connectivity index is 1.76. The lowest BCUT2D eigenvalue weighted by Gasteiger charge is -2.19. The van der Waals surface area contributed by atoms with Crippen LogP contribution < -0.4 is 0 Å². The fourth-order valence-corrected chi connectivity index (χ4v) is 3.27. The molecule has 0 aliphatic carbocycles. The van der Waals surface area contributed by atoms with Gasteiger partial charge in [-0.2, -0.15) is 0 Å². The van der Waals surface area contributed by atoms with Gasteiger partial charge in [0.1, 0.15) is 17.3 Å². The fourth-order valence-electron chi connectivity index (χ4n) is 3.27. The SMILES string of the molecule is CN(Cc1ccncc1)C(=O)c1cc(-c2nnc(O)n2-c2ccccc2F)c(O)cc1O. The van der Waals surface area contributed by atoms with Crippen LogP contribution >= 0.6 is 0 Å². The van der Waals surface area contributed by atoms with Crippen LogP contribution in [0.3, 0.4) is 0 Å². The van der Waals surface area contributed by atoms with E-state index in [4.69, 9.17) is 0 Å². The van der Waals surface area contributed by atoms with Crippen LogP contribution in [-0.2, 0) is 6.54 Å². The standard InChI is InChI=1S/C22H18FN5O4/c1-27(12-13-6-8-24-9-7-13)21(31)15-10-14(18(29)11-19(15)30)20-25-26-22(32)28(20)17-5-3-2-4-16(17)23/h2-11,29-30H,12H2,1H3,(H,26,32). The number of pyridine rings is 1. The van der Waals surface area contributed by atoms with Gasteiger partial charge >= 0.3 is 6.01 Å². The monoisotopic (exact) mass is 435 g/mol. The number of aromatic nitrogens is 4. The van der Waals surface area contributed by atoms with Crippen LogP contribution in [0.15, 0.2) is 60.9 Å². The van der Waals surface area contributed by atoms with Crippen molar-refractivity contribution in [3.63, 3.8) is 0 Å². The Morgan fingerprint density at radius 2 is 1.75 bits per heavy atom.